The number of ketones is 1. The van der Waals surface area contributed by atoms with Gasteiger partial charge in [-0.05, 0) is 39.0 Å². The van der Waals surface area contributed by atoms with Crippen molar-refractivity contribution in [2.75, 3.05) is 6.54 Å². The van der Waals surface area contributed by atoms with E-state index < -0.39 is 17.5 Å². The third-order valence-electron chi connectivity index (χ3n) is 2.09. The molecule has 0 radical (unpaired) electrons. The summed E-state index contributed by atoms with van der Waals surface area (Å²) < 4.78 is 4.98. The Morgan fingerprint density at radius 1 is 1.21 bits per heavy atom. The quantitative estimate of drug-likeness (QED) is 0.573. The molecule has 0 bridgehead atoms. The number of benzene rings is 1. The third-order valence-corrected chi connectivity index (χ3v) is 2.09. The molecule has 0 saturated carbocycles. The fourth-order valence-electron chi connectivity index (χ4n) is 1.27. The monoisotopic (exact) mass is 267 g/mol. The van der Waals surface area contributed by atoms with E-state index in [1.165, 1.54) is 12.1 Å². The first-order chi connectivity index (χ1) is 8.69. The summed E-state index contributed by atoms with van der Waals surface area (Å²) in [6.45, 7) is 4.89. The molecule has 1 rings (SSSR count). The number of aromatic hydroxyl groups is 2. The minimum Gasteiger partial charge on any atom is -0.504 e. The number of carbonyl (C=O) groups excluding carboxylic acids is 2. The average Bonchev–Trinajstić information content (AvgIpc) is 2.27. The van der Waals surface area contributed by atoms with E-state index in [4.69, 9.17) is 9.84 Å². The van der Waals surface area contributed by atoms with Crippen LogP contribution in [-0.2, 0) is 4.74 Å². The van der Waals surface area contributed by atoms with Crippen LogP contribution in [0.1, 0.15) is 31.1 Å². The highest BCUT2D eigenvalue weighted by Crippen LogP contribution is 2.24. The standard InChI is InChI=1S/C13H17NO5/c1-13(2,3)19-12(18)14-7-11(17)8-4-5-9(15)10(16)6-8/h4-6,15-16H,7H2,1-3H3,(H,14,18). The van der Waals surface area contributed by atoms with Gasteiger partial charge in [-0.2, -0.15) is 0 Å². The van der Waals surface area contributed by atoms with Crippen LogP contribution in [0.3, 0.4) is 0 Å². The molecule has 0 aliphatic rings. The van der Waals surface area contributed by atoms with Crippen LogP contribution in [0.25, 0.3) is 0 Å². The molecule has 6 heteroatoms. The third kappa shape index (κ3) is 4.87. The van der Waals surface area contributed by atoms with Crippen LogP contribution in [0.4, 0.5) is 4.79 Å². The minimum atomic E-state index is -0.691. The fraction of sp³-hybridized carbons (Fsp3) is 0.385. The van der Waals surface area contributed by atoms with E-state index in [2.05, 4.69) is 5.32 Å². The molecular formula is C13H17NO5. The number of rotatable bonds is 3. The molecule has 0 saturated heterocycles. The first-order valence-corrected chi connectivity index (χ1v) is 5.71. The van der Waals surface area contributed by atoms with Gasteiger partial charge in [-0.15, -0.1) is 0 Å². The lowest BCUT2D eigenvalue weighted by Crippen LogP contribution is -2.35. The number of amides is 1. The van der Waals surface area contributed by atoms with Gasteiger partial charge in [0.05, 0.1) is 6.54 Å². The molecule has 0 unspecified atom stereocenters. The topological polar surface area (TPSA) is 95.9 Å². The maximum atomic E-state index is 11.7. The second-order valence-corrected chi connectivity index (χ2v) is 4.98. The van der Waals surface area contributed by atoms with Crippen molar-refractivity contribution in [3.05, 3.63) is 23.8 Å². The molecule has 0 aliphatic heterocycles. The van der Waals surface area contributed by atoms with Crippen LogP contribution in [0.5, 0.6) is 11.5 Å². The van der Waals surface area contributed by atoms with Gasteiger partial charge in [0.2, 0.25) is 0 Å². The Bertz CT molecular complexity index is 490. The molecule has 0 aliphatic carbocycles. The molecule has 1 aromatic rings. The van der Waals surface area contributed by atoms with Crippen LogP contribution >= 0.6 is 0 Å². The molecule has 0 spiro atoms. The Kier molecular flexibility index (Phi) is 4.37. The van der Waals surface area contributed by atoms with Crippen LogP contribution in [0.15, 0.2) is 18.2 Å². The predicted octanol–water partition coefficient (Wildman–Crippen LogP) is 1.81. The second kappa shape index (κ2) is 5.60. The molecule has 3 N–H and O–H groups in total. The Balaban J connectivity index is 2.56. The Hall–Kier alpha value is -2.24. The Morgan fingerprint density at radius 2 is 1.84 bits per heavy atom. The summed E-state index contributed by atoms with van der Waals surface area (Å²) >= 11 is 0. The maximum Gasteiger partial charge on any atom is 0.408 e. The van der Waals surface area contributed by atoms with Gasteiger partial charge in [-0.3, -0.25) is 4.79 Å². The Morgan fingerprint density at radius 3 is 2.37 bits per heavy atom. The van der Waals surface area contributed by atoms with Gasteiger partial charge in [-0.1, -0.05) is 0 Å². The van der Waals surface area contributed by atoms with Gasteiger partial charge in [0.15, 0.2) is 17.3 Å². The summed E-state index contributed by atoms with van der Waals surface area (Å²) in [4.78, 5) is 23.1. The van der Waals surface area contributed by atoms with Gasteiger partial charge in [0, 0.05) is 5.56 Å². The summed E-state index contributed by atoms with van der Waals surface area (Å²) in [5.41, 5.74) is -0.449. The van der Waals surface area contributed by atoms with Crippen LogP contribution in [0.2, 0.25) is 0 Å². The fourth-order valence-corrected chi connectivity index (χ4v) is 1.27. The lowest BCUT2D eigenvalue weighted by Gasteiger charge is -2.19. The number of hydrogen-bond donors (Lipinski definition) is 3. The number of carbonyl (C=O) groups is 2. The zero-order valence-corrected chi connectivity index (χ0v) is 11.1. The number of nitrogens with one attached hydrogen (secondary N) is 1. The van der Waals surface area contributed by atoms with Gasteiger partial charge >= 0.3 is 6.09 Å². The van der Waals surface area contributed by atoms with Crippen molar-refractivity contribution in [1.82, 2.24) is 5.32 Å². The zero-order chi connectivity index (χ0) is 14.6. The van der Waals surface area contributed by atoms with E-state index in [-0.39, 0.29) is 23.6 Å². The molecule has 104 valence electrons. The highest BCUT2D eigenvalue weighted by molar-refractivity contribution is 5.99. The van der Waals surface area contributed by atoms with E-state index in [1.54, 1.807) is 20.8 Å². The second-order valence-electron chi connectivity index (χ2n) is 4.98. The van der Waals surface area contributed by atoms with E-state index in [9.17, 15) is 14.7 Å². The Labute approximate surface area is 111 Å². The molecule has 6 nitrogen and oxygen atoms in total. The van der Waals surface area contributed by atoms with Crippen molar-refractivity contribution in [3.8, 4) is 11.5 Å². The van der Waals surface area contributed by atoms with E-state index in [0.29, 0.717) is 0 Å². The van der Waals surface area contributed by atoms with E-state index >= 15 is 0 Å². The SMILES string of the molecule is CC(C)(C)OC(=O)NCC(=O)c1ccc(O)c(O)c1. The number of ether oxygens (including phenoxy) is 1. The summed E-state index contributed by atoms with van der Waals surface area (Å²) in [6.07, 6.45) is -0.691. The van der Waals surface area contributed by atoms with E-state index in [1.807, 2.05) is 0 Å². The molecule has 19 heavy (non-hydrogen) atoms. The number of phenolic OH excluding ortho intramolecular Hbond substituents is 2. The number of phenols is 2. The maximum absolute atomic E-state index is 11.7. The molecule has 0 heterocycles. The van der Waals surface area contributed by atoms with Gasteiger partial charge < -0.3 is 20.3 Å². The first kappa shape index (κ1) is 14.8. The van der Waals surface area contributed by atoms with Gasteiger partial charge in [0.25, 0.3) is 0 Å². The van der Waals surface area contributed by atoms with Crippen molar-refractivity contribution in [2.24, 2.45) is 0 Å². The van der Waals surface area contributed by atoms with Crippen LogP contribution in [-0.4, -0.2) is 34.2 Å². The van der Waals surface area contributed by atoms with Crippen molar-refractivity contribution in [3.63, 3.8) is 0 Å². The summed E-state index contributed by atoms with van der Waals surface area (Å²) in [5, 5.41) is 20.7. The van der Waals surface area contributed by atoms with Crippen LogP contribution in [0, 0.1) is 0 Å². The van der Waals surface area contributed by atoms with Gasteiger partial charge in [0.1, 0.15) is 5.60 Å². The predicted molar refractivity (Wildman–Crippen MR) is 68.3 cm³/mol. The lowest BCUT2D eigenvalue weighted by atomic mass is 10.1. The first-order valence-electron chi connectivity index (χ1n) is 5.71. The molecule has 0 aromatic heterocycles. The van der Waals surface area contributed by atoms with Crippen molar-refractivity contribution < 1.29 is 24.5 Å². The minimum absolute atomic E-state index is 0.186. The molecular weight excluding hydrogens is 250 g/mol. The van der Waals surface area contributed by atoms with Crippen molar-refractivity contribution in [1.29, 1.82) is 0 Å². The zero-order valence-electron chi connectivity index (χ0n) is 11.1. The number of hydrogen-bond acceptors (Lipinski definition) is 5. The summed E-state index contributed by atoms with van der Waals surface area (Å²) in [5.74, 6) is -1.10. The average molecular weight is 267 g/mol. The smallest absolute Gasteiger partial charge is 0.408 e. The highest BCUT2D eigenvalue weighted by Gasteiger charge is 2.17. The van der Waals surface area contributed by atoms with Gasteiger partial charge in [-0.25, -0.2) is 4.79 Å². The van der Waals surface area contributed by atoms with Crippen molar-refractivity contribution in [2.45, 2.75) is 26.4 Å². The normalized spacial score (nSPS) is 10.9. The van der Waals surface area contributed by atoms with E-state index in [0.717, 1.165) is 6.07 Å². The summed E-state index contributed by atoms with van der Waals surface area (Å²) in [6, 6.07) is 3.69. The molecule has 0 atom stereocenters. The van der Waals surface area contributed by atoms with Crippen molar-refractivity contribution >= 4 is 11.9 Å². The van der Waals surface area contributed by atoms with Crippen LogP contribution < -0.4 is 5.32 Å². The highest BCUT2D eigenvalue weighted by atomic mass is 16.6. The summed E-state index contributed by atoms with van der Waals surface area (Å²) in [7, 11) is 0. The lowest BCUT2D eigenvalue weighted by molar-refractivity contribution is 0.0520. The molecule has 1 aromatic carbocycles. The largest absolute Gasteiger partial charge is 0.504 e. The number of alkyl carbamates (subject to hydrolysis) is 1. The molecule has 0 fully saturated rings. The molecule has 1 amide bonds. The number of Topliss-reactive ketones (excluding diaryl/α,β-unsaturated/α-hetero) is 1.